The number of thiocarbonyl (C=S) groups is 1. The summed E-state index contributed by atoms with van der Waals surface area (Å²) in [6, 6.07) is 5.96. The van der Waals surface area contributed by atoms with Gasteiger partial charge >= 0.3 is 0 Å². The molecule has 1 aromatic carbocycles. The molecule has 0 spiro atoms. The average molecular weight is 377 g/mol. The van der Waals surface area contributed by atoms with Crippen LogP contribution in [0.5, 0.6) is 11.5 Å². The number of hydrogen-bond acceptors (Lipinski definition) is 4. The van der Waals surface area contributed by atoms with Crippen molar-refractivity contribution in [2.24, 2.45) is 0 Å². The first-order valence-electron chi connectivity index (χ1n) is 8.71. The van der Waals surface area contributed by atoms with Crippen LogP contribution >= 0.6 is 12.2 Å². The number of hydrogen-bond donors (Lipinski definition) is 1. The Kier molecular flexibility index (Phi) is 7.26. The molecule has 0 fully saturated rings. The first-order chi connectivity index (χ1) is 12.5. The zero-order valence-electron chi connectivity index (χ0n) is 16.2. The number of ether oxygens (including phenoxy) is 2. The van der Waals surface area contributed by atoms with Gasteiger partial charge in [0.25, 0.3) is 0 Å². The van der Waals surface area contributed by atoms with Gasteiger partial charge in [-0.05, 0) is 50.2 Å². The highest BCUT2D eigenvalue weighted by molar-refractivity contribution is 7.80. The summed E-state index contributed by atoms with van der Waals surface area (Å²) in [5.74, 6) is 1.48. The third-order valence-corrected chi connectivity index (χ3v) is 4.72. The van der Waals surface area contributed by atoms with Crippen LogP contribution < -0.4 is 14.8 Å². The number of aromatic nitrogens is 2. The number of benzene rings is 1. The molecule has 0 bridgehead atoms. The molecule has 0 aliphatic carbocycles. The molecule has 1 aromatic heterocycles. The molecule has 7 heteroatoms. The molecule has 0 aliphatic heterocycles. The van der Waals surface area contributed by atoms with Crippen LogP contribution in [-0.2, 0) is 19.5 Å². The van der Waals surface area contributed by atoms with Crippen molar-refractivity contribution in [3.8, 4) is 11.5 Å². The Labute approximate surface area is 161 Å². The molecule has 6 nitrogen and oxygen atoms in total. The van der Waals surface area contributed by atoms with E-state index < -0.39 is 0 Å². The van der Waals surface area contributed by atoms with Crippen LogP contribution in [0.2, 0.25) is 0 Å². The van der Waals surface area contributed by atoms with Crippen LogP contribution in [0, 0.1) is 6.92 Å². The molecular formula is C19H28N4O2S. The number of nitrogens with one attached hydrogen (secondary N) is 1. The van der Waals surface area contributed by atoms with Gasteiger partial charge in [-0.25, -0.2) is 0 Å². The highest BCUT2D eigenvalue weighted by Crippen LogP contribution is 2.27. The predicted molar refractivity (Wildman–Crippen MR) is 108 cm³/mol. The van der Waals surface area contributed by atoms with Gasteiger partial charge in [0.15, 0.2) is 16.6 Å². The molecule has 0 radical (unpaired) electrons. The minimum Gasteiger partial charge on any atom is -0.493 e. The molecule has 2 aromatic rings. The van der Waals surface area contributed by atoms with Crippen molar-refractivity contribution in [1.82, 2.24) is 20.0 Å². The van der Waals surface area contributed by atoms with Crippen molar-refractivity contribution < 1.29 is 9.47 Å². The van der Waals surface area contributed by atoms with Gasteiger partial charge < -0.3 is 19.7 Å². The molecular weight excluding hydrogens is 348 g/mol. The van der Waals surface area contributed by atoms with E-state index in [1.54, 1.807) is 14.2 Å². The number of methoxy groups -OCH3 is 2. The van der Waals surface area contributed by atoms with Gasteiger partial charge in [0.05, 0.1) is 19.9 Å². The van der Waals surface area contributed by atoms with Gasteiger partial charge in [0, 0.05) is 38.4 Å². The van der Waals surface area contributed by atoms with Crippen LogP contribution in [0.4, 0.5) is 0 Å². The summed E-state index contributed by atoms with van der Waals surface area (Å²) in [7, 11) is 5.28. The fraction of sp³-hybridized carbons (Fsp3) is 0.474. The molecule has 2 rings (SSSR count). The fourth-order valence-electron chi connectivity index (χ4n) is 2.69. The lowest BCUT2D eigenvalue weighted by Crippen LogP contribution is -2.37. The zero-order valence-corrected chi connectivity index (χ0v) is 17.0. The first kappa shape index (κ1) is 20.0. The molecule has 1 heterocycles. The summed E-state index contributed by atoms with van der Waals surface area (Å²) in [4.78, 5) is 2.04. The fourth-order valence-corrected chi connectivity index (χ4v) is 2.86. The highest BCUT2D eigenvalue weighted by Gasteiger charge is 2.10. The van der Waals surface area contributed by atoms with Gasteiger partial charge in [-0.1, -0.05) is 6.07 Å². The van der Waals surface area contributed by atoms with Crippen LogP contribution in [0.3, 0.4) is 0 Å². The monoisotopic (exact) mass is 376 g/mol. The van der Waals surface area contributed by atoms with E-state index in [1.807, 2.05) is 41.8 Å². The highest BCUT2D eigenvalue weighted by atomic mass is 32.1. The number of aryl methyl sites for hydroxylation is 2. The summed E-state index contributed by atoms with van der Waals surface area (Å²) < 4.78 is 12.6. The van der Waals surface area contributed by atoms with E-state index >= 15 is 0 Å². The van der Waals surface area contributed by atoms with Gasteiger partial charge in [-0.3, -0.25) is 4.68 Å². The third-order valence-electron chi connectivity index (χ3n) is 4.26. The van der Waals surface area contributed by atoms with E-state index in [2.05, 4.69) is 23.5 Å². The summed E-state index contributed by atoms with van der Waals surface area (Å²) in [5.41, 5.74) is 3.41. The van der Waals surface area contributed by atoms with E-state index in [0.29, 0.717) is 0 Å². The maximum Gasteiger partial charge on any atom is 0.168 e. The van der Waals surface area contributed by atoms with Crippen LogP contribution in [0.15, 0.2) is 24.4 Å². The lowest BCUT2D eigenvalue weighted by Gasteiger charge is -2.21. The Morgan fingerprint density at radius 1 is 1.27 bits per heavy atom. The van der Waals surface area contributed by atoms with Gasteiger partial charge in [0.2, 0.25) is 0 Å². The van der Waals surface area contributed by atoms with Crippen molar-refractivity contribution >= 4 is 17.3 Å². The molecule has 0 unspecified atom stereocenters. The van der Waals surface area contributed by atoms with Gasteiger partial charge in [-0.15, -0.1) is 0 Å². The summed E-state index contributed by atoms with van der Waals surface area (Å²) >= 11 is 5.50. The largest absolute Gasteiger partial charge is 0.493 e. The van der Waals surface area contributed by atoms with Crippen molar-refractivity contribution in [2.75, 3.05) is 27.8 Å². The molecule has 0 amide bonds. The average Bonchev–Trinajstić information content (AvgIpc) is 3.01. The smallest absolute Gasteiger partial charge is 0.168 e. The second kappa shape index (κ2) is 9.43. The van der Waals surface area contributed by atoms with E-state index in [1.165, 1.54) is 11.1 Å². The quantitative estimate of drug-likeness (QED) is 0.715. The first-order valence-corrected chi connectivity index (χ1v) is 9.12. The molecule has 0 atom stereocenters. The van der Waals surface area contributed by atoms with Crippen molar-refractivity contribution in [1.29, 1.82) is 0 Å². The predicted octanol–water partition coefficient (Wildman–Crippen LogP) is 2.78. The second-order valence-electron chi connectivity index (χ2n) is 6.12. The lowest BCUT2D eigenvalue weighted by atomic mass is 10.1. The molecule has 142 valence electrons. The molecule has 0 saturated carbocycles. The van der Waals surface area contributed by atoms with E-state index in [-0.39, 0.29) is 0 Å². The molecule has 0 aliphatic rings. The van der Waals surface area contributed by atoms with Crippen molar-refractivity contribution in [3.63, 3.8) is 0 Å². The Balaban J connectivity index is 1.85. The van der Waals surface area contributed by atoms with Crippen LogP contribution in [0.25, 0.3) is 0 Å². The normalized spacial score (nSPS) is 10.5. The van der Waals surface area contributed by atoms with Crippen LogP contribution in [-0.4, -0.2) is 47.6 Å². The Morgan fingerprint density at radius 2 is 2.00 bits per heavy atom. The summed E-state index contributed by atoms with van der Waals surface area (Å²) in [6.45, 7) is 6.49. The second-order valence-corrected chi connectivity index (χ2v) is 6.51. The topological polar surface area (TPSA) is 51.5 Å². The maximum atomic E-state index is 5.50. The van der Waals surface area contributed by atoms with Gasteiger partial charge in [0.1, 0.15) is 0 Å². The number of nitrogens with zero attached hydrogens (tertiary/aromatic N) is 3. The Bertz CT molecular complexity index is 745. The van der Waals surface area contributed by atoms with E-state index in [4.69, 9.17) is 21.7 Å². The summed E-state index contributed by atoms with van der Waals surface area (Å²) in [6.07, 6.45) is 2.93. The Morgan fingerprint density at radius 3 is 2.62 bits per heavy atom. The minimum atomic E-state index is 0.731. The van der Waals surface area contributed by atoms with E-state index in [0.717, 1.165) is 48.4 Å². The SMILES string of the molecule is CCn1cc(CN(C)C(=S)NCCc2ccc(OC)c(OC)c2)c(C)n1. The van der Waals surface area contributed by atoms with E-state index in [9.17, 15) is 0 Å². The molecule has 1 N–H and O–H groups in total. The maximum absolute atomic E-state index is 5.50. The summed E-state index contributed by atoms with van der Waals surface area (Å²) in [5, 5.41) is 8.52. The lowest BCUT2D eigenvalue weighted by molar-refractivity contribution is 0.354. The third kappa shape index (κ3) is 5.11. The van der Waals surface area contributed by atoms with Gasteiger partial charge in [-0.2, -0.15) is 5.10 Å². The van der Waals surface area contributed by atoms with Crippen LogP contribution in [0.1, 0.15) is 23.7 Å². The Hall–Kier alpha value is -2.28. The number of rotatable bonds is 8. The molecule has 26 heavy (non-hydrogen) atoms. The minimum absolute atomic E-state index is 0.731. The zero-order chi connectivity index (χ0) is 19.1. The standard InChI is InChI=1S/C19H28N4O2S/c1-6-23-13-16(14(2)21-23)12-22(3)19(26)20-10-9-15-7-8-17(24-4)18(11-15)25-5/h7-8,11,13H,6,9-10,12H2,1-5H3,(H,20,26). The van der Waals surface area contributed by atoms with Crippen molar-refractivity contribution in [3.05, 3.63) is 41.2 Å². The van der Waals surface area contributed by atoms with Crippen molar-refractivity contribution in [2.45, 2.75) is 33.4 Å². The molecule has 0 saturated heterocycles.